The molecule has 1 aromatic rings. The molecule has 0 aliphatic heterocycles. The van der Waals surface area contributed by atoms with E-state index in [-0.39, 0.29) is 5.04 Å². The number of hydrogen-bond acceptors (Lipinski definition) is 2. The van der Waals surface area contributed by atoms with Gasteiger partial charge in [-0.2, -0.15) is 0 Å². The second kappa shape index (κ2) is 6.20. The summed E-state index contributed by atoms with van der Waals surface area (Å²) >= 11 is 0. The van der Waals surface area contributed by atoms with Gasteiger partial charge in [-0.1, -0.05) is 51.1 Å². The maximum absolute atomic E-state index is 6.18. The van der Waals surface area contributed by atoms with Crippen molar-refractivity contribution >= 4 is 14.5 Å². The molecule has 0 unspecified atom stereocenters. The van der Waals surface area contributed by atoms with Crippen molar-refractivity contribution in [2.24, 2.45) is 4.99 Å². The molecule has 2 nitrogen and oxygen atoms in total. The highest BCUT2D eigenvalue weighted by atomic mass is 28.4. The monoisotopic (exact) mass is 275 g/mol. The maximum Gasteiger partial charge on any atom is 0.252 e. The van der Waals surface area contributed by atoms with Crippen LogP contribution >= 0.6 is 0 Å². The molecule has 0 aliphatic carbocycles. The van der Waals surface area contributed by atoms with Gasteiger partial charge in [0.05, 0.1) is 0 Å². The molecule has 0 atom stereocenters. The number of hydrogen-bond donors (Lipinski definition) is 0. The lowest BCUT2D eigenvalue weighted by atomic mass is 10.2. The Hall–Kier alpha value is -1.35. The van der Waals surface area contributed by atoms with Crippen molar-refractivity contribution in [3.63, 3.8) is 0 Å². The van der Waals surface area contributed by atoms with Crippen LogP contribution in [0.4, 0.5) is 0 Å². The van der Waals surface area contributed by atoms with Gasteiger partial charge in [-0.05, 0) is 36.7 Å². The van der Waals surface area contributed by atoms with Gasteiger partial charge in [-0.15, -0.1) is 0 Å². The smallest absolute Gasteiger partial charge is 0.252 e. The number of rotatable bonds is 4. The third-order valence-electron chi connectivity index (χ3n) is 3.55. The normalized spacial score (nSPS) is 13.9. The third-order valence-corrected chi connectivity index (χ3v) is 7.89. The highest BCUT2D eigenvalue weighted by molar-refractivity contribution is 6.74. The Labute approximate surface area is 118 Å². The fraction of sp³-hybridized carbons (Fsp3) is 0.438. The summed E-state index contributed by atoms with van der Waals surface area (Å²) in [4.78, 5) is 4.46. The molecule has 0 aromatic heterocycles. The van der Waals surface area contributed by atoms with Crippen LogP contribution < -0.4 is 0 Å². The van der Waals surface area contributed by atoms with Crippen LogP contribution in [0, 0.1) is 0 Å². The average molecular weight is 275 g/mol. The minimum Gasteiger partial charge on any atom is -0.531 e. The third kappa shape index (κ3) is 4.67. The zero-order valence-electron chi connectivity index (χ0n) is 12.9. The molecule has 0 radical (unpaired) electrons. The van der Waals surface area contributed by atoms with E-state index in [0.717, 1.165) is 11.4 Å². The van der Waals surface area contributed by atoms with Gasteiger partial charge in [0.15, 0.2) is 5.88 Å². The van der Waals surface area contributed by atoms with E-state index in [1.807, 2.05) is 49.5 Å². The maximum atomic E-state index is 6.18. The predicted molar refractivity (Wildman–Crippen MR) is 86.1 cm³/mol. The lowest BCUT2D eigenvalue weighted by Gasteiger charge is -2.36. The summed E-state index contributed by atoms with van der Waals surface area (Å²) in [5, 5.41) is 0.184. The molecule has 19 heavy (non-hydrogen) atoms. The highest BCUT2D eigenvalue weighted by Crippen LogP contribution is 2.37. The first-order chi connectivity index (χ1) is 8.76. The van der Waals surface area contributed by atoms with Gasteiger partial charge in [0.2, 0.25) is 0 Å². The minimum absolute atomic E-state index is 0.184. The highest BCUT2D eigenvalue weighted by Gasteiger charge is 2.39. The van der Waals surface area contributed by atoms with Crippen molar-refractivity contribution in [2.75, 3.05) is 0 Å². The second-order valence-electron chi connectivity index (χ2n) is 6.16. The second-order valence-corrected chi connectivity index (χ2v) is 10.9. The van der Waals surface area contributed by atoms with E-state index < -0.39 is 8.32 Å². The Balaban J connectivity index is 2.79. The fourth-order valence-corrected chi connectivity index (χ4v) is 2.25. The van der Waals surface area contributed by atoms with E-state index in [1.165, 1.54) is 0 Å². The fourth-order valence-electron chi connectivity index (χ4n) is 1.25. The van der Waals surface area contributed by atoms with Crippen LogP contribution in [0.3, 0.4) is 0 Å². The molecule has 0 fully saturated rings. The van der Waals surface area contributed by atoms with Gasteiger partial charge in [0.1, 0.15) is 0 Å². The van der Waals surface area contributed by atoms with Crippen LogP contribution in [0.25, 0.3) is 0 Å². The van der Waals surface area contributed by atoms with Crippen LogP contribution in [0.15, 0.2) is 47.3 Å². The van der Waals surface area contributed by atoms with Gasteiger partial charge >= 0.3 is 0 Å². The molecule has 1 rings (SSSR count). The van der Waals surface area contributed by atoms with E-state index in [9.17, 15) is 0 Å². The first kappa shape index (κ1) is 15.7. The Kier molecular flexibility index (Phi) is 5.12. The molecule has 104 valence electrons. The summed E-state index contributed by atoms with van der Waals surface area (Å²) in [7, 11) is -1.81. The topological polar surface area (TPSA) is 21.6 Å². The molecule has 1 aromatic carbocycles. The lowest BCUT2D eigenvalue weighted by Crippen LogP contribution is -2.40. The molecule has 0 amide bonds. The molecule has 0 bridgehead atoms. The number of allylic oxidation sites excluding steroid dienone is 1. The van der Waals surface area contributed by atoms with Crippen molar-refractivity contribution in [1.82, 2.24) is 0 Å². The molecule has 0 spiro atoms. The molecule has 0 heterocycles. The minimum atomic E-state index is -1.81. The van der Waals surface area contributed by atoms with Gasteiger partial charge in [-0.25, -0.2) is 4.99 Å². The Morgan fingerprint density at radius 1 is 1.16 bits per heavy atom. The van der Waals surface area contributed by atoms with Gasteiger partial charge in [-0.3, -0.25) is 0 Å². The quantitative estimate of drug-likeness (QED) is 0.431. The molecule has 0 saturated heterocycles. The van der Waals surface area contributed by atoms with Crippen molar-refractivity contribution in [3.05, 3.63) is 47.9 Å². The van der Waals surface area contributed by atoms with Crippen LogP contribution in [0.2, 0.25) is 18.1 Å². The standard InChI is InChI=1S/C16H25NOSi/c1-7-15(18-19(5,6)16(2,3)4)17-13-14-11-9-8-10-12-14/h7-13H,1-6H3/b15-7-,17-13+. The molecular formula is C16H25NOSi. The Morgan fingerprint density at radius 3 is 2.21 bits per heavy atom. The van der Waals surface area contributed by atoms with Crippen molar-refractivity contribution < 1.29 is 4.43 Å². The van der Waals surface area contributed by atoms with Crippen molar-refractivity contribution in [1.29, 1.82) is 0 Å². The summed E-state index contributed by atoms with van der Waals surface area (Å²) in [6, 6.07) is 10.1. The van der Waals surface area contributed by atoms with Crippen LogP contribution in [0.5, 0.6) is 0 Å². The average Bonchev–Trinajstić information content (AvgIpc) is 2.34. The van der Waals surface area contributed by atoms with E-state index in [1.54, 1.807) is 0 Å². The molecule has 0 saturated carbocycles. The summed E-state index contributed by atoms with van der Waals surface area (Å²) in [5.41, 5.74) is 1.08. The first-order valence-corrected chi connectivity index (χ1v) is 9.61. The Morgan fingerprint density at radius 2 is 1.74 bits per heavy atom. The zero-order valence-corrected chi connectivity index (χ0v) is 13.9. The molecule has 0 aliphatic rings. The Bertz CT molecular complexity index is 455. The molecule has 0 N–H and O–H groups in total. The summed E-state index contributed by atoms with van der Waals surface area (Å²) in [5.74, 6) is 0.718. The number of aliphatic imine (C=N–C) groups is 1. The zero-order chi connectivity index (χ0) is 14.5. The van der Waals surface area contributed by atoms with Crippen molar-refractivity contribution in [3.8, 4) is 0 Å². The van der Waals surface area contributed by atoms with E-state index in [4.69, 9.17) is 4.43 Å². The van der Waals surface area contributed by atoms with Crippen LogP contribution in [-0.4, -0.2) is 14.5 Å². The van der Waals surface area contributed by atoms with E-state index in [0.29, 0.717) is 0 Å². The van der Waals surface area contributed by atoms with Gasteiger partial charge < -0.3 is 4.43 Å². The number of nitrogens with zero attached hydrogens (tertiary/aromatic N) is 1. The van der Waals surface area contributed by atoms with Gasteiger partial charge in [0.25, 0.3) is 8.32 Å². The van der Waals surface area contributed by atoms with E-state index in [2.05, 4.69) is 38.9 Å². The largest absolute Gasteiger partial charge is 0.531 e. The van der Waals surface area contributed by atoms with Crippen LogP contribution in [0.1, 0.15) is 33.3 Å². The van der Waals surface area contributed by atoms with E-state index >= 15 is 0 Å². The van der Waals surface area contributed by atoms with Crippen LogP contribution in [-0.2, 0) is 4.43 Å². The first-order valence-electron chi connectivity index (χ1n) is 6.71. The lowest BCUT2D eigenvalue weighted by molar-refractivity contribution is 0.380. The SMILES string of the molecule is C/C=C(/N=C/c1ccccc1)O[Si](C)(C)C(C)(C)C. The summed E-state index contributed by atoms with van der Waals surface area (Å²) < 4.78 is 6.18. The summed E-state index contributed by atoms with van der Waals surface area (Å²) in [6.45, 7) is 13.1. The van der Waals surface area contributed by atoms with Crippen molar-refractivity contribution in [2.45, 2.75) is 45.8 Å². The van der Waals surface area contributed by atoms with Gasteiger partial charge in [0, 0.05) is 6.21 Å². The number of benzene rings is 1. The molecule has 3 heteroatoms. The molecular weight excluding hydrogens is 250 g/mol. The predicted octanol–water partition coefficient (Wildman–Crippen LogP) is 4.99. The summed E-state index contributed by atoms with van der Waals surface area (Å²) in [6.07, 6.45) is 3.78.